The summed E-state index contributed by atoms with van der Waals surface area (Å²) < 4.78 is 4.26. The quantitative estimate of drug-likeness (QED) is 0.745. The molecule has 1 saturated heterocycles. The van der Waals surface area contributed by atoms with E-state index in [0.717, 1.165) is 4.75 Å². The molecule has 0 N–H and O–H groups in total. The van der Waals surface area contributed by atoms with E-state index in [0.29, 0.717) is 0 Å². The first-order valence-electron chi connectivity index (χ1n) is 6.95. The zero-order valence-corrected chi connectivity index (χ0v) is 13.1. The van der Waals surface area contributed by atoms with Crippen molar-refractivity contribution < 1.29 is 0 Å². The summed E-state index contributed by atoms with van der Waals surface area (Å²) in [5.74, 6) is 0. The van der Waals surface area contributed by atoms with Gasteiger partial charge in [0.05, 0.1) is 0 Å². The van der Waals surface area contributed by atoms with Crippen LogP contribution in [-0.2, 0) is 0 Å². The molecule has 0 nitrogen and oxygen atoms in total. The van der Waals surface area contributed by atoms with Gasteiger partial charge in [0.15, 0.2) is 0 Å². The van der Waals surface area contributed by atoms with Crippen LogP contribution in [0.3, 0.4) is 0 Å². The molecule has 92 valence electrons. The Morgan fingerprint density at radius 1 is 0.833 bits per heavy atom. The van der Waals surface area contributed by atoms with Crippen LogP contribution in [0, 0.1) is 0 Å². The number of hydrogen-bond donors (Lipinski definition) is 0. The van der Waals surface area contributed by atoms with Crippen molar-refractivity contribution in [3.63, 3.8) is 0 Å². The first-order valence-corrected chi connectivity index (χ1v) is 11.7. The summed E-state index contributed by atoms with van der Waals surface area (Å²) in [5, 5.41) is 1.47. The molecule has 1 heterocycles. The van der Waals surface area contributed by atoms with Crippen molar-refractivity contribution in [3.8, 4) is 0 Å². The second kappa shape index (κ2) is 4.93. The monoisotopic (exact) mass is 298 g/mol. The van der Waals surface area contributed by atoms with Crippen molar-refractivity contribution >= 4 is 22.1 Å². The Hall–Kier alpha value is -1.02. The van der Waals surface area contributed by atoms with E-state index in [9.17, 15) is 0 Å². The fraction of sp³-hybridized carbons (Fsp3) is 0.294. The first kappa shape index (κ1) is 12.0. The first-order chi connectivity index (χ1) is 8.84. The average Bonchev–Trinajstić information content (AvgIpc) is 2.84. The van der Waals surface area contributed by atoms with E-state index in [1.165, 1.54) is 18.1 Å². The van der Waals surface area contributed by atoms with Crippen molar-refractivity contribution in [1.82, 2.24) is 0 Å². The molecule has 1 aliphatic heterocycles. The predicted octanol–water partition coefficient (Wildman–Crippen LogP) is 3.43. The Kier molecular flexibility index (Phi) is 3.30. The van der Waals surface area contributed by atoms with Gasteiger partial charge in [-0.15, -0.1) is 0 Å². The molecule has 2 aromatic rings. The van der Waals surface area contributed by atoms with Crippen molar-refractivity contribution in [3.05, 3.63) is 60.7 Å². The summed E-state index contributed by atoms with van der Waals surface area (Å²) in [6.07, 6.45) is 2.84. The third-order valence-corrected chi connectivity index (χ3v) is 16.9. The SMILES string of the molecule is C[CH]1CC[CH2][Ge]1([c]1ccccc1)[c]1ccccc1. The zero-order valence-electron chi connectivity index (χ0n) is 11.0. The maximum absolute atomic E-state index is 2.49. The summed E-state index contributed by atoms with van der Waals surface area (Å²) in [7, 11) is 0. The van der Waals surface area contributed by atoms with Gasteiger partial charge in [0.25, 0.3) is 0 Å². The molecule has 0 spiro atoms. The second-order valence-corrected chi connectivity index (χ2v) is 15.1. The van der Waals surface area contributed by atoms with Gasteiger partial charge in [0.1, 0.15) is 0 Å². The van der Waals surface area contributed by atoms with Gasteiger partial charge in [-0.3, -0.25) is 0 Å². The van der Waals surface area contributed by atoms with E-state index in [-0.39, 0.29) is 0 Å². The van der Waals surface area contributed by atoms with E-state index in [1.807, 2.05) is 0 Å². The van der Waals surface area contributed by atoms with E-state index >= 15 is 0 Å². The van der Waals surface area contributed by atoms with Crippen LogP contribution in [0.25, 0.3) is 0 Å². The van der Waals surface area contributed by atoms with E-state index in [2.05, 4.69) is 67.6 Å². The summed E-state index contributed by atoms with van der Waals surface area (Å²) in [5.41, 5.74) is 0. The molecule has 0 radical (unpaired) electrons. The summed E-state index contributed by atoms with van der Waals surface area (Å²) in [6, 6.07) is 22.7. The number of benzene rings is 2. The molecule has 1 unspecified atom stereocenters. The van der Waals surface area contributed by atoms with Crippen LogP contribution >= 0.6 is 0 Å². The summed E-state index contributed by atoms with van der Waals surface area (Å²) in [4.78, 5) is 0. The normalized spacial score (nSPS) is 21.9. The van der Waals surface area contributed by atoms with Crippen molar-refractivity contribution in [2.24, 2.45) is 0 Å². The Balaban J connectivity index is 2.17. The molecule has 18 heavy (non-hydrogen) atoms. The fourth-order valence-electron chi connectivity index (χ4n) is 3.68. The van der Waals surface area contributed by atoms with Crippen LogP contribution in [0.15, 0.2) is 60.7 Å². The van der Waals surface area contributed by atoms with Gasteiger partial charge in [-0.1, -0.05) is 0 Å². The number of hydrogen-bond acceptors (Lipinski definition) is 0. The van der Waals surface area contributed by atoms with E-state index < -0.39 is 13.3 Å². The minimum absolute atomic E-state index is 0.912. The topological polar surface area (TPSA) is 0 Å². The Labute approximate surface area is 112 Å². The van der Waals surface area contributed by atoms with Gasteiger partial charge in [-0.05, 0) is 0 Å². The number of rotatable bonds is 2. The van der Waals surface area contributed by atoms with Gasteiger partial charge in [-0.25, -0.2) is 0 Å². The summed E-state index contributed by atoms with van der Waals surface area (Å²) in [6.45, 7) is 2.49. The molecule has 0 aromatic heterocycles. The second-order valence-electron chi connectivity index (χ2n) is 5.50. The molecule has 3 rings (SSSR count). The molecule has 0 amide bonds. The minimum atomic E-state index is -2.09. The third-order valence-electron chi connectivity index (χ3n) is 4.63. The van der Waals surface area contributed by atoms with Crippen molar-refractivity contribution in [2.75, 3.05) is 0 Å². The molecule has 0 saturated carbocycles. The Morgan fingerprint density at radius 2 is 1.33 bits per heavy atom. The maximum atomic E-state index is 2.49. The van der Waals surface area contributed by atoms with Gasteiger partial charge >= 0.3 is 112 Å². The molecule has 1 aliphatic rings. The fourth-order valence-corrected chi connectivity index (χ4v) is 15.4. The van der Waals surface area contributed by atoms with Gasteiger partial charge in [0, 0.05) is 0 Å². The average molecular weight is 297 g/mol. The molecular weight excluding hydrogens is 277 g/mol. The molecule has 1 fully saturated rings. The standard InChI is InChI=1S/C17H20Ge/c1-15-9-8-14-18(15,16-10-4-2-5-11-16)17-12-6-3-7-13-17/h2-7,10-13,15H,8-9,14H2,1H3. The van der Waals surface area contributed by atoms with Crippen LogP contribution in [0.5, 0.6) is 0 Å². The molecule has 0 bridgehead atoms. The third kappa shape index (κ3) is 1.83. The van der Waals surface area contributed by atoms with Gasteiger partial charge in [0.2, 0.25) is 0 Å². The van der Waals surface area contributed by atoms with Crippen molar-refractivity contribution in [2.45, 2.75) is 29.8 Å². The van der Waals surface area contributed by atoms with Crippen LogP contribution in [0.1, 0.15) is 19.8 Å². The van der Waals surface area contributed by atoms with Crippen molar-refractivity contribution in [1.29, 1.82) is 0 Å². The van der Waals surface area contributed by atoms with E-state index in [1.54, 1.807) is 8.79 Å². The van der Waals surface area contributed by atoms with Crippen LogP contribution < -0.4 is 8.79 Å². The molecular formula is C17H20Ge. The van der Waals surface area contributed by atoms with E-state index in [4.69, 9.17) is 0 Å². The molecule has 1 atom stereocenters. The Morgan fingerprint density at radius 3 is 1.72 bits per heavy atom. The molecule has 0 aliphatic carbocycles. The van der Waals surface area contributed by atoms with Gasteiger partial charge in [-0.2, -0.15) is 0 Å². The Bertz CT molecular complexity index is 464. The zero-order chi connectivity index (χ0) is 12.4. The van der Waals surface area contributed by atoms with Gasteiger partial charge < -0.3 is 0 Å². The predicted molar refractivity (Wildman–Crippen MR) is 81.4 cm³/mol. The molecule has 1 heteroatoms. The van der Waals surface area contributed by atoms with Crippen LogP contribution in [0.4, 0.5) is 0 Å². The van der Waals surface area contributed by atoms with Crippen LogP contribution in [-0.4, -0.2) is 13.3 Å². The van der Waals surface area contributed by atoms with Crippen LogP contribution in [0.2, 0.25) is 10.0 Å². The molecule has 2 aromatic carbocycles. The summed E-state index contributed by atoms with van der Waals surface area (Å²) >= 11 is -2.09.